The number of hydrogen-bond donors (Lipinski definition) is 0. The summed E-state index contributed by atoms with van der Waals surface area (Å²) in [6, 6.07) is 11.1. The quantitative estimate of drug-likeness (QED) is 0.424. The maximum Gasteiger partial charge on any atom is 0.270 e. The smallest absolute Gasteiger partial charge is 0.270 e. The Balaban J connectivity index is 1.41. The number of nitro benzene ring substituents is 1. The van der Waals surface area contributed by atoms with Crippen LogP contribution in [0.5, 0.6) is 0 Å². The van der Waals surface area contributed by atoms with Gasteiger partial charge in [-0.25, -0.2) is 0 Å². The molecule has 0 spiro atoms. The van der Waals surface area contributed by atoms with Gasteiger partial charge in [-0.15, -0.1) is 5.10 Å². The number of rotatable bonds is 5. The van der Waals surface area contributed by atoms with Crippen LogP contribution in [0.25, 0.3) is 5.69 Å². The van der Waals surface area contributed by atoms with Crippen LogP contribution in [0.3, 0.4) is 0 Å². The van der Waals surface area contributed by atoms with Crippen molar-refractivity contribution in [2.24, 2.45) is 0 Å². The van der Waals surface area contributed by atoms with Gasteiger partial charge in [0.1, 0.15) is 0 Å². The molecule has 0 N–H and O–H groups in total. The zero-order chi connectivity index (χ0) is 22.0. The van der Waals surface area contributed by atoms with Crippen molar-refractivity contribution in [3.05, 3.63) is 74.0 Å². The summed E-state index contributed by atoms with van der Waals surface area (Å²) < 4.78 is 1.65. The summed E-state index contributed by atoms with van der Waals surface area (Å²) in [6.45, 7) is 2.63. The van der Waals surface area contributed by atoms with Crippen LogP contribution in [0.15, 0.2) is 42.5 Å². The van der Waals surface area contributed by atoms with Crippen molar-refractivity contribution in [1.82, 2.24) is 30.0 Å². The van der Waals surface area contributed by atoms with Gasteiger partial charge in [-0.1, -0.05) is 23.2 Å². The van der Waals surface area contributed by atoms with Crippen molar-refractivity contribution >= 4 is 34.8 Å². The summed E-state index contributed by atoms with van der Waals surface area (Å²) in [4.78, 5) is 27.1. The molecule has 0 atom stereocenters. The van der Waals surface area contributed by atoms with E-state index in [1.165, 1.54) is 18.2 Å². The monoisotopic (exact) mass is 461 g/mol. The van der Waals surface area contributed by atoms with Gasteiger partial charge in [0.05, 0.1) is 27.7 Å². The maximum absolute atomic E-state index is 12.8. The van der Waals surface area contributed by atoms with Crippen LogP contribution in [0.4, 0.5) is 5.69 Å². The highest BCUT2D eigenvalue weighted by atomic mass is 35.5. The minimum atomic E-state index is -0.546. The van der Waals surface area contributed by atoms with E-state index in [4.69, 9.17) is 23.2 Å². The van der Waals surface area contributed by atoms with E-state index >= 15 is 0 Å². The summed E-state index contributed by atoms with van der Waals surface area (Å²) in [5.41, 5.74) is 0.773. The van der Waals surface area contributed by atoms with Crippen molar-refractivity contribution in [3.8, 4) is 5.69 Å². The lowest BCUT2D eigenvalue weighted by Crippen LogP contribution is -2.48. The number of tetrazole rings is 1. The molecule has 0 aliphatic carbocycles. The summed E-state index contributed by atoms with van der Waals surface area (Å²) in [6.07, 6.45) is 0. The molecule has 1 amide bonds. The van der Waals surface area contributed by atoms with Gasteiger partial charge in [0.25, 0.3) is 11.6 Å². The number of halogens is 2. The first-order chi connectivity index (χ1) is 14.9. The zero-order valence-electron chi connectivity index (χ0n) is 16.2. The highest BCUT2D eigenvalue weighted by Crippen LogP contribution is 2.24. The topological polar surface area (TPSA) is 110 Å². The third-order valence-electron chi connectivity index (χ3n) is 5.02. The number of nitrogens with zero attached hydrogens (tertiary/aromatic N) is 7. The van der Waals surface area contributed by atoms with Crippen molar-refractivity contribution in [1.29, 1.82) is 0 Å². The lowest BCUT2D eigenvalue weighted by Gasteiger charge is -2.34. The number of non-ortho nitro benzene ring substituents is 1. The van der Waals surface area contributed by atoms with Crippen molar-refractivity contribution < 1.29 is 9.72 Å². The molecular formula is C19H17Cl2N7O3. The van der Waals surface area contributed by atoms with Crippen molar-refractivity contribution in [3.63, 3.8) is 0 Å². The Morgan fingerprint density at radius 3 is 2.45 bits per heavy atom. The van der Waals surface area contributed by atoms with Gasteiger partial charge in [0, 0.05) is 43.3 Å². The zero-order valence-corrected chi connectivity index (χ0v) is 17.7. The van der Waals surface area contributed by atoms with Gasteiger partial charge in [-0.05, 0) is 40.8 Å². The number of piperazine rings is 1. The Kier molecular flexibility index (Phi) is 6.12. The normalized spacial score (nSPS) is 14.6. The highest BCUT2D eigenvalue weighted by Gasteiger charge is 2.26. The molecule has 1 aliphatic rings. The molecule has 2 heterocycles. The van der Waals surface area contributed by atoms with Gasteiger partial charge in [0.15, 0.2) is 5.82 Å². The van der Waals surface area contributed by atoms with Crippen LogP contribution >= 0.6 is 23.2 Å². The Hall–Kier alpha value is -3.08. The number of carbonyl (C=O) groups excluding carboxylic acids is 1. The van der Waals surface area contributed by atoms with E-state index in [0.29, 0.717) is 43.6 Å². The molecular weight excluding hydrogens is 445 g/mol. The molecule has 1 aromatic heterocycles. The number of carbonyl (C=O) groups is 1. The first kappa shape index (κ1) is 21.2. The predicted octanol–water partition coefficient (Wildman–Crippen LogP) is 2.84. The van der Waals surface area contributed by atoms with Crippen LogP contribution in [0.1, 0.15) is 16.2 Å². The summed E-state index contributed by atoms with van der Waals surface area (Å²) >= 11 is 12.1. The van der Waals surface area contributed by atoms with E-state index in [2.05, 4.69) is 20.4 Å². The van der Waals surface area contributed by atoms with Crippen molar-refractivity contribution in [2.75, 3.05) is 26.2 Å². The van der Waals surface area contributed by atoms with Gasteiger partial charge in [-0.2, -0.15) is 4.68 Å². The standard InChI is InChI=1S/C19H17Cl2N7O3/c20-13-1-3-14(4-2-13)27-18(22-23-24-27)12-25-7-9-26(10-8-25)19(29)16-11-15(28(30)31)5-6-17(16)21/h1-6,11H,7-10,12H2. The molecule has 0 radical (unpaired) electrons. The molecule has 1 fully saturated rings. The second kappa shape index (κ2) is 8.96. The summed E-state index contributed by atoms with van der Waals surface area (Å²) in [5.74, 6) is 0.350. The first-order valence-electron chi connectivity index (χ1n) is 9.41. The van der Waals surface area contributed by atoms with Crippen molar-refractivity contribution in [2.45, 2.75) is 6.54 Å². The third-order valence-corrected chi connectivity index (χ3v) is 5.60. The molecule has 160 valence electrons. The summed E-state index contributed by atoms with van der Waals surface area (Å²) in [5, 5.41) is 23.8. The van der Waals surface area contributed by atoms with Gasteiger partial charge in [0.2, 0.25) is 0 Å². The third kappa shape index (κ3) is 4.66. The minimum absolute atomic E-state index is 0.135. The lowest BCUT2D eigenvalue weighted by atomic mass is 10.1. The number of aromatic nitrogens is 4. The second-order valence-corrected chi connectivity index (χ2v) is 7.82. The average Bonchev–Trinajstić information content (AvgIpc) is 3.22. The molecule has 0 unspecified atom stereocenters. The molecule has 1 saturated heterocycles. The average molecular weight is 462 g/mol. The van der Waals surface area contributed by atoms with E-state index in [1.54, 1.807) is 21.7 Å². The first-order valence-corrected chi connectivity index (χ1v) is 10.2. The highest BCUT2D eigenvalue weighted by molar-refractivity contribution is 6.34. The molecule has 10 nitrogen and oxygen atoms in total. The predicted molar refractivity (Wildman–Crippen MR) is 113 cm³/mol. The van der Waals surface area contributed by atoms with Crippen LogP contribution < -0.4 is 0 Å². The fourth-order valence-electron chi connectivity index (χ4n) is 3.36. The number of nitro groups is 1. The Bertz CT molecular complexity index is 1110. The Labute approximate surface area is 187 Å². The minimum Gasteiger partial charge on any atom is -0.336 e. The molecule has 0 bridgehead atoms. The SMILES string of the molecule is O=C(c1cc([N+](=O)[O-])ccc1Cl)N1CCN(Cc2nnnn2-c2ccc(Cl)cc2)CC1. The van der Waals surface area contributed by atoms with E-state index in [-0.39, 0.29) is 22.2 Å². The fourth-order valence-corrected chi connectivity index (χ4v) is 3.68. The molecule has 3 aromatic rings. The number of benzene rings is 2. The van der Waals surface area contributed by atoms with Gasteiger partial charge >= 0.3 is 0 Å². The van der Waals surface area contributed by atoms with E-state index in [0.717, 1.165) is 5.69 Å². The number of hydrogen-bond acceptors (Lipinski definition) is 7. The molecule has 31 heavy (non-hydrogen) atoms. The molecule has 1 aliphatic heterocycles. The molecule has 12 heteroatoms. The van der Waals surface area contributed by atoms with Crippen LogP contribution in [0.2, 0.25) is 10.0 Å². The van der Waals surface area contributed by atoms with Gasteiger partial charge in [-0.3, -0.25) is 19.8 Å². The molecule has 4 rings (SSSR count). The second-order valence-electron chi connectivity index (χ2n) is 6.97. The van der Waals surface area contributed by atoms with E-state index < -0.39 is 4.92 Å². The summed E-state index contributed by atoms with van der Waals surface area (Å²) in [7, 11) is 0. The largest absolute Gasteiger partial charge is 0.336 e. The maximum atomic E-state index is 12.8. The van der Waals surface area contributed by atoms with Gasteiger partial charge < -0.3 is 4.90 Å². The Morgan fingerprint density at radius 2 is 1.77 bits per heavy atom. The number of amides is 1. The van der Waals surface area contributed by atoms with Crippen LogP contribution in [-0.4, -0.2) is 67.0 Å². The Morgan fingerprint density at radius 1 is 1.06 bits per heavy atom. The van der Waals surface area contributed by atoms with E-state index in [1.807, 2.05) is 12.1 Å². The fraction of sp³-hybridized carbons (Fsp3) is 0.263. The lowest BCUT2D eigenvalue weighted by molar-refractivity contribution is -0.384. The van der Waals surface area contributed by atoms with Crippen LogP contribution in [0, 0.1) is 10.1 Å². The molecule has 2 aromatic carbocycles. The molecule has 0 saturated carbocycles. The van der Waals surface area contributed by atoms with Crippen LogP contribution in [-0.2, 0) is 6.54 Å². The van der Waals surface area contributed by atoms with E-state index in [9.17, 15) is 14.9 Å².